The highest BCUT2D eigenvalue weighted by Gasteiger charge is 2.32. The molecule has 2 rings (SSSR count). The summed E-state index contributed by atoms with van der Waals surface area (Å²) in [5.74, 6) is -0.301. The molecular formula is C14H14F3NO2. The second-order valence-corrected chi connectivity index (χ2v) is 4.36. The maximum absolute atomic E-state index is 12.8. The zero-order chi connectivity index (χ0) is 14.6. The third-order valence-corrected chi connectivity index (χ3v) is 2.99. The first kappa shape index (κ1) is 14.6. The van der Waals surface area contributed by atoms with Crippen LogP contribution in [0.3, 0.4) is 0 Å². The van der Waals surface area contributed by atoms with Crippen LogP contribution in [0, 0.1) is 0 Å². The Bertz CT molecular complexity index is 505. The lowest BCUT2D eigenvalue weighted by Gasteiger charge is -2.25. The molecule has 0 radical (unpaired) electrons. The quantitative estimate of drug-likeness (QED) is 0.782. The minimum Gasteiger partial charge on any atom is -0.378 e. The van der Waals surface area contributed by atoms with Gasteiger partial charge in [-0.2, -0.15) is 13.2 Å². The number of morpholine rings is 1. The first-order chi connectivity index (χ1) is 9.48. The number of ether oxygens (including phenoxy) is 1. The molecule has 20 heavy (non-hydrogen) atoms. The van der Waals surface area contributed by atoms with E-state index in [1.165, 1.54) is 30.4 Å². The van der Waals surface area contributed by atoms with Crippen LogP contribution in [0.5, 0.6) is 0 Å². The van der Waals surface area contributed by atoms with E-state index in [-0.39, 0.29) is 11.5 Å². The average molecular weight is 285 g/mol. The summed E-state index contributed by atoms with van der Waals surface area (Å²) < 4.78 is 43.5. The fraction of sp³-hybridized carbons (Fsp3) is 0.357. The predicted octanol–water partition coefficient (Wildman–Crippen LogP) is 2.58. The summed E-state index contributed by atoms with van der Waals surface area (Å²) in [7, 11) is 0. The minimum absolute atomic E-state index is 0.0124. The summed E-state index contributed by atoms with van der Waals surface area (Å²) in [6.45, 7) is 1.84. The number of amides is 1. The van der Waals surface area contributed by atoms with Crippen LogP contribution in [0.2, 0.25) is 0 Å². The molecule has 1 aliphatic rings. The van der Waals surface area contributed by atoms with Crippen molar-refractivity contribution in [2.75, 3.05) is 26.3 Å². The van der Waals surface area contributed by atoms with Crippen molar-refractivity contribution in [2.45, 2.75) is 6.18 Å². The molecule has 1 fully saturated rings. The molecule has 1 heterocycles. The first-order valence-corrected chi connectivity index (χ1v) is 6.19. The topological polar surface area (TPSA) is 29.5 Å². The molecular weight excluding hydrogens is 271 g/mol. The number of nitrogens with zero attached hydrogens (tertiary/aromatic N) is 1. The SMILES string of the molecule is O=C(C=Cc1ccccc1C(F)(F)F)N1CCOCC1. The van der Waals surface area contributed by atoms with Crippen LogP contribution in [0.4, 0.5) is 13.2 Å². The lowest BCUT2D eigenvalue weighted by atomic mass is 10.1. The summed E-state index contributed by atoms with van der Waals surface area (Å²) in [6.07, 6.45) is -2.04. The van der Waals surface area contributed by atoms with Gasteiger partial charge in [0.15, 0.2) is 0 Å². The van der Waals surface area contributed by atoms with Gasteiger partial charge in [0.1, 0.15) is 0 Å². The third kappa shape index (κ3) is 3.60. The highest BCUT2D eigenvalue weighted by atomic mass is 19.4. The molecule has 0 aliphatic carbocycles. The van der Waals surface area contributed by atoms with Crippen LogP contribution in [0.15, 0.2) is 30.3 Å². The standard InChI is InChI=1S/C14H14F3NO2/c15-14(16,17)12-4-2-1-3-11(12)5-6-13(19)18-7-9-20-10-8-18/h1-6H,7-10H2. The molecule has 0 N–H and O–H groups in total. The Morgan fingerprint density at radius 2 is 1.85 bits per heavy atom. The Labute approximate surface area is 114 Å². The molecule has 1 aromatic carbocycles. The van der Waals surface area contributed by atoms with Gasteiger partial charge in [0, 0.05) is 19.2 Å². The van der Waals surface area contributed by atoms with Crippen molar-refractivity contribution < 1.29 is 22.7 Å². The van der Waals surface area contributed by atoms with E-state index in [9.17, 15) is 18.0 Å². The number of hydrogen-bond acceptors (Lipinski definition) is 2. The van der Waals surface area contributed by atoms with Crippen molar-refractivity contribution in [3.8, 4) is 0 Å². The van der Waals surface area contributed by atoms with Gasteiger partial charge in [-0.25, -0.2) is 0 Å². The van der Waals surface area contributed by atoms with E-state index in [1.807, 2.05) is 0 Å². The fourth-order valence-electron chi connectivity index (χ4n) is 1.95. The average Bonchev–Trinajstić information content (AvgIpc) is 2.45. The Balaban J connectivity index is 2.13. The molecule has 0 bridgehead atoms. The number of alkyl halides is 3. The predicted molar refractivity (Wildman–Crippen MR) is 67.9 cm³/mol. The highest BCUT2D eigenvalue weighted by Crippen LogP contribution is 2.32. The third-order valence-electron chi connectivity index (χ3n) is 2.99. The van der Waals surface area contributed by atoms with Gasteiger partial charge in [0.05, 0.1) is 18.8 Å². The molecule has 3 nitrogen and oxygen atoms in total. The molecule has 1 aromatic rings. The van der Waals surface area contributed by atoms with Crippen LogP contribution in [-0.4, -0.2) is 37.1 Å². The summed E-state index contributed by atoms with van der Waals surface area (Å²) >= 11 is 0. The van der Waals surface area contributed by atoms with E-state index in [0.717, 1.165) is 6.07 Å². The molecule has 6 heteroatoms. The van der Waals surface area contributed by atoms with Gasteiger partial charge in [-0.15, -0.1) is 0 Å². The molecule has 108 valence electrons. The van der Waals surface area contributed by atoms with Gasteiger partial charge < -0.3 is 9.64 Å². The highest BCUT2D eigenvalue weighted by molar-refractivity contribution is 5.92. The van der Waals surface area contributed by atoms with Crippen molar-refractivity contribution in [1.82, 2.24) is 4.90 Å². The van der Waals surface area contributed by atoms with Gasteiger partial charge in [0.25, 0.3) is 0 Å². The van der Waals surface area contributed by atoms with Gasteiger partial charge in [-0.1, -0.05) is 18.2 Å². The van der Waals surface area contributed by atoms with Crippen LogP contribution in [0.25, 0.3) is 6.08 Å². The van der Waals surface area contributed by atoms with Crippen molar-refractivity contribution in [1.29, 1.82) is 0 Å². The Hall–Kier alpha value is -1.82. The van der Waals surface area contributed by atoms with Crippen molar-refractivity contribution in [3.63, 3.8) is 0 Å². The number of benzene rings is 1. The molecule has 0 aromatic heterocycles. The van der Waals surface area contributed by atoms with E-state index in [4.69, 9.17) is 4.74 Å². The Morgan fingerprint density at radius 3 is 2.50 bits per heavy atom. The summed E-state index contributed by atoms with van der Waals surface area (Å²) in [6, 6.07) is 5.17. The minimum atomic E-state index is -4.43. The lowest BCUT2D eigenvalue weighted by molar-refractivity contribution is -0.137. The van der Waals surface area contributed by atoms with Crippen LogP contribution in [0.1, 0.15) is 11.1 Å². The number of halogens is 3. The van der Waals surface area contributed by atoms with E-state index < -0.39 is 11.7 Å². The number of carbonyl (C=O) groups excluding carboxylic acids is 1. The largest absolute Gasteiger partial charge is 0.416 e. The number of rotatable bonds is 2. The van der Waals surface area contributed by atoms with Crippen LogP contribution >= 0.6 is 0 Å². The smallest absolute Gasteiger partial charge is 0.378 e. The Kier molecular flexibility index (Phi) is 4.44. The van der Waals surface area contributed by atoms with E-state index >= 15 is 0 Å². The summed E-state index contributed by atoms with van der Waals surface area (Å²) in [5, 5.41) is 0. The molecule has 1 amide bonds. The van der Waals surface area contributed by atoms with Crippen molar-refractivity contribution in [3.05, 3.63) is 41.5 Å². The summed E-state index contributed by atoms with van der Waals surface area (Å²) in [4.78, 5) is 13.4. The van der Waals surface area contributed by atoms with Crippen molar-refractivity contribution >= 4 is 12.0 Å². The number of carbonyl (C=O) groups is 1. The van der Waals surface area contributed by atoms with E-state index in [2.05, 4.69) is 0 Å². The number of hydrogen-bond donors (Lipinski definition) is 0. The van der Waals surface area contributed by atoms with Crippen LogP contribution in [-0.2, 0) is 15.7 Å². The van der Waals surface area contributed by atoms with Gasteiger partial charge in [-0.3, -0.25) is 4.79 Å². The molecule has 0 unspecified atom stereocenters. The normalized spacial score (nSPS) is 16.6. The van der Waals surface area contributed by atoms with E-state index in [0.29, 0.717) is 26.3 Å². The maximum Gasteiger partial charge on any atom is 0.416 e. The van der Waals surface area contributed by atoms with Crippen LogP contribution < -0.4 is 0 Å². The second-order valence-electron chi connectivity index (χ2n) is 4.36. The zero-order valence-corrected chi connectivity index (χ0v) is 10.7. The van der Waals surface area contributed by atoms with E-state index in [1.54, 1.807) is 4.90 Å². The zero-order valence-electron chi connectivity index (χ0n) is 10.7. The fourth-order valence-corrected chi connectivity index (χ4v) is 1.95. The molecule has 0 spiro atoms. The first-order valence-electron chi connectivity index (χ1n) is 6.19. The molecule has 1 aliphatic heterocycles. The van der Waals surface area contributed by atoms with Gasteiger partial charge in [0.2, 0.25) is 5.91 Å². The molecule has 1 saturated heterocycles. The lowest BCUT2D eigenvalue weighted by Crippen LogP contribution is -2.39. The van der Waals surface area contributed by atoms with Crippen molar-refractivity contribution in [2.24, 2.45) is 0 Å². The maximum atomic E-state index is 12.8. The molecule has 0 atom stereocenters. The monoisotopic (exact) mass is 285 g/mol. The van der Waals surface area contributed by atoms with Gasteiger partial charge in [-0.05, 0) is 17.7 Å². The molecule has 0 saturated carbocycles. The van der Waals surface area contributed by atoms with Gasteiger partial charge >= 0.3 is 6.18 Å². The Morgan fingerprint density at radius 1 is 1.20 bits per heavy atom. The second kappa shape index (κ2) is 6.09. The summed E-state index contributed by atoms with van der Waals surface area (Å²) in [5.41, 5.74) is -0.757.